The second-order valence-electron chi connectivity index (χ2n) is 6.70. The molecule has 2 heterocycles. The molecule has 1 aromatic carbocycles. The Labute approximate surface area is 164 Å². The number of carbonyl (C=O) groups is 1. The molecular formula is C20H25N3OS2. The minimum atomic E-state index is -0.177. The van der Waals surface area contributed by atoms with Gasteiger partial charge < -0.3 is 10.2 Å². The van der Waals surface area contributed by atoms with E-state index in [0.717, 1.165) is 30.0 Å². The summed E-state index contributed by atoms with van der Waals surface area (Å²) < 4.78 is 0. The number of hydrogen-bond donors (Lipinski definition) is 2. The number of hydrogen-bond acceptors (Lipinski definition) is 4. The van der Waals surface area contributed by atoms with Crippen LogP contribution in [0.3, 0.4) is 0 Å². The lowest BCUT2D eigenvalue weighted by Crippen LogP contribution is -2.35. The maximum absolute atomic E-state index is 12.2. The van der Waals surface area contributed by atoms with Crippen LogP contribution in [0.25, 0.3) is 0 Å². The summed E-state index contributed by atoms with van der Waals surface area (Å²) in [5, 5.41) is 10.0. The normalized spacial score (nSPS) is 15.0. The van der Waals surface area contributed by atoms with E-state index in [4.69, 9.17) is 12.2 Å². The Balaban J connectivity index is 1.72. The highest BCUT2D eigenvalue weighted by molar-refractivity contribution is 7.80. The number of nitrogens with one attached hydrogen (secondary N) is 2. The van der Waals surface area contributed by atoms with E-state index in [1.165, 1.54) is 43.4 Å². The van der Waals surface area contributed by atoms with Crippen LogP contribution < -0.4 is 15.5 Å². The summed E-state index contributed by atoms with van der Waals surface area (Å²) in [5.41, 5.74) is 3.91. The van der Waals surface area contributed by atoms with Crippen LogP contribution in [-0.2, 0) is 0 Å². The Morgan fingerprint density at radius 1 is 1.12 bits per heavy atom. The van der Waals surface area contributed by atoms with E-state index in [9.17, 15) is 4.79 Å². The molecule has 1 aliphatic heterocycles. The minimum Gasteiger partial charge on any atom is -0.370 e. The van der Waals surface area contributed by atoms with Crippen molar-refractivity contribution in [3.63, 3.8) is 0 Å². The molecular weight excluding hydrogens is 362 g/mol. The first-order valence-electron chi connectivity index (χ1n) is 9.13. The molecule has 0 spiro atoms. The van der Waals surface area contributed by atoms with Gasteiger partial charge in [-0.2, -0.15) is 11.3 Å². The van der Waals surface area contributed by atoms with Crippen LogP contribution in [0.5, 0.6) is 0 Å². The van der Waals surface area contributed by atoms with Crippen molar-refractivity contribution >= 4 is 45.9 Å². The van der Waals surface area contributed by atoms with Gasteiger partial charge in [-0.15, -0.1) is 0 Å². The fourth-order valence-corrected chi connectivity index (χ4v) is 4.08. The molecule has 1 saturated heterocycles. The van der Waals surface area contributed by atoms with Gasteiger partial charge in [0.1, 0.15) is 0 Å². The second kappa shape index (κ2) is 9.14. The van der Waals surface area contributed by atoms with Crippen molar-refractivity contribution in [2.45, 2.75) is 39.0 Å². The number of thiocarbonyl (C=S) groups is 1. The van der Waals surface area contributed by atoms with Gasteiger partial charge in [0.25, 0.3) is 5.91 Å². The quantitative estimate of drug-likeness (QED) is 0.731. The van der Waals surface area contributed by atoms with Crippen LogP contribution in [-0.4, -0.2) is 24.1 Å². The molecule has 0 saturated carbocycles. The number of aryl methyl sites for hydroxylation is 1. The van der Waals surface area contributed by atoms with Gasteiger partial charge in [0.05, 0.1) is 16.9 Å². The van der Waals surface area contributed by atoms with Gasteiger partial charge in [0, 0.05) is 18.5 Å². The van der Waals surface area contributed by atoms with Gasteiger partial charge in [-0.25, -0.2) is 0 Å². The number of carbonyl (C=O) groups excluding carboxylic acids is 1. The molecule has 26 heavy (non-hydrogen) atoms. The van der Waals surface area contributed by atoms with Gasteiger partial charge >= 0.3 is 0 Å². The number of anilines is 2. The SMILES string of the molecule is Cc1ccc(N2CCCCCCC2)c(NC(=S)NC(=O)c2ccsc2)c1. The zero-order chi connectivity index (χ0) is 18.4. The standard InChI is InChI=1S/C20H25N3OS2/c1-15-7-8-18(23-10-5-3-2-4-6-11-23)17(13-15)21-20(25)22-19(24)16-9-12-26-14-16/h7-9,12-14H,2-6,10-11H2,1H3,(H2,21,22,24,25). The first-order valence-corrected chi connectivity index (χ1v) is 10.5. The molecule has 4 nitrogen and oxygen atoms in total. The lowest BCUT2D eigenvalue weighted by Gasteiger charge is -2.29. The van der Waals surface area contributed by atoms with E-state index in [-0.39, 0.29) is 5.91 Å². The lowest BCUT2D eigenvalue weighted by atomic mass is 10.1. The maximum atomic E-state index is 12.2. The van der Waals surface area contributed by atoms with Crippen LogP contribution in [0, 0.1) is 6.92 Å². The smallest absolute Gasteiger partial charge is 0.258 e. The average molecular weight is 388 g/mol. The predicted molar refractivity (Wildman–Crippen MR) is 114 cm³/mol. The maximum Gasteiger partial charge on any atom is 0.258 e. The van der Waals surface area contributed by atoms with Crippen LogP contribution in [0.2, 0.25) is 0 Å². The molecule has 2 aromatic rings. The number of nitrogens with zero attached hydrogens (tertiary/aromatic N) is 1. The summed E-state index contributed by atoms with van der Waals surface area (Å²) in [7, 11) is 0. The van der Waals surface area contributed by atoms with Gasteiger partial charge in [-0.3, -0.25) is 10.1 Å². The summed E-state index contributed by atoms with van der Waals surface area (Å²) >= 11 is 6.88. The molecule has 0 aliphatic carbocycles. The highest BCUT2D eigenvalue weighted by Gasteiger charge is 2.15. The van der Waals surface area contributed by atoms with Gasteiger partial charge in [0.2, 0.25) is 0 Å². The zero-order valence-corrected chi connectivity index (χ0v) is 16.7. The summed E-state index contributed by atoms with van der Waals surface area (Å²) in [6, 6.07) is 8.17. The third kappa shape index (κ3) is 5.05. The Morgan fingerprint density at radius 2 is 1.85 bits per heavy atom. The summed E-state index contributed by atoms with van der Waals surface area (Å²) in [6.07, 6.45) is 6.35. The fraction of sp³-hybridized carbons (Fsp3) is 0.400. The molecule has 0 unspecified atom stereocenters. The third-order valence-corrected chi connectivity index (χ3v) is 5.49. The van der Waals surface area contributed by atoms with Crippen LogP contribution >= 0.6 is 23.6 Å². The number of thiophene rings is 1. The molecule has 1 amide bonds. The molecule has 1 aromatic heterocycles. The Hall–Kier alpha value is -1.92. The second-order valence-corrected chi connectivity index (χ2v) is 7.88. The summed E-state index contributed by atoms with van der Waals surface area (Å²) in [6.45, 7) is 4.19. The molecule has 0 bridgehead atoms. The van der Waals surface area contributed by atoms with E-state index in [1.54, 1.807) is 6.07 Å². The Kier molecular flexibility index (Phi) is 6.63. The topological polar surface area (TPSA) is 44.4 Å². The first kappa shape index (κ1) is 18.9. The average Bonchev–Trinajstić information content (AvgIpc) is 3.10. The van der Waals surface area contributed by atoms with Crippen LogP contribution in [0.15, 0.2) is 35.0 Å². The summed E-state index contributed by atoms with van der Waals surface area (Å²) in [4.78, 5) is 14.6. The fourth-order valence-electron chi connectivity index (χ4n) is 3.24. The largest absolute Gasteiger partial charge is 0.370 e. The Bertz CT molecular complexity index is 750. The molecule has 1 fully saturated rings. The first-order chi connectivity index (χ1) is 12.6. The lowest BCUT2D eigenvalue weighted by molar-refractivity contribution is 0.0978. The van der Waals surface area contributed by atoms with Crippen molar-refractivity contribution in [1.82, 2.24) is 5.32 Å². The van der Waals surface area contributed by atoms with Gasteiger partial charge in [-0.05, 0) is 61.1 Å². The van der Waals surface area contributed by atoms with E-state index in [0.29, 0.717) is 10.7 Å². The minimum absolute atomic E-state index is 0.177. The van der Waals surface area contributed by atoms with Crippen molar-refractivity contribution in [3.05, 3.63) is 46.2 Å². The van der Waals surface area contributed by atoms with Gasteiger partial charge in [-0.1, -0.05) is 25.3 Å². The molecule has 1 aliphatic rings. The number of rotatable bonds is 3. The van der Waals surface area contributed by atoms with E-state index in [1.807, 2.05) is 10.8 Å². The number of benzene rings is 1. The molecule has 6 heteroatoms. The van der Waals surface area contributed by atoms with Crippen LogP contribution in [0.1, 0.15) is 48.0 Å². The van der Waals surface area contributed by atoms with E-state index >= 15 is 0 Å². The van der Waals surface area contributed by atoms with Crippen LogP contribution in [0.4, 0.5) is 11.4 Å². The predicted octanol–water partition coefficient (Wildman–Crippen LogP) is 4.95. The van der Waals surface area contributed by atoms with Crippen molar-refractivity contribution in [3.8, 4) is 0 Å². The van der Waals surface area contributed by atoms with E-state index < -0.39 is 0 Å². The highest BCUT2D eigenvalue weighted by atomic mass is 32.1. The molecule has 0 atom stereocenters. The van der Waals surface area contributed by atoms with E-state index in [2.05, 4.69) is 40.7 Å². The van der Waals surface area contributed by atoms with Crippen molar-refractivity contribution in [2.24, 2.45) is 0 Å². The number of amides is 1. The molecule has 3 rings (SSSR count). The Morgan fingerprint density at radius 3 is 2.54 bits per heavy atom. The van der Waals surface area contributed by atoms with Crippen molar-refractivity contribution in [1.29, 1.82) is 0 Å². The van der Waals surface area contributed by atoms with Crippen molar-refractivity contribution < 1.29 is 4.79 Å². The highest BCUT2D eigenvalue weighted by Crippen LogP contribution is 2.29. The summed E-state index contributed by atoms with van der Waals surface area (Å²) in [5.74, 6) is -0.177. The molecule has 0 radical (unpaired) electrons. The molecule has 138 valence electrons. The molecule has 2 N–H and O–H groups in total. The zero-order valence-electron chi connectivity index (χ0n) is 15.1. The van der Waals surface area contributed by atoms with Gasteiger partial charge in [0.15, 0.2) is 5.11 Å². The third-order valence-electron chi connectivity index (χ3n) is 4.61. The van der Waals surface area contributed by atoms with Crippen molar-refractivity contribution in [2.75, 3.05) is 23.3 Å². The monoisotopic (exact) mass is 387 g/mol.